The van der Waals surface area contributed by atoms with E-state index in [1.54, 1.807) is 22.8 Å². The second kappa shape index (κ2) is 4.31. The van der Waals surface area contributed by atoms with Gasteiger partial charge in [-0.1, -0.05) is 12.1 Å². The molecular formula is C17H11FN2O. The summed E-state index contributed by atoms with van der Waals surface area (Å²) >= 11 is 0. The maximum absolute atomic E-state index is 13.1. The van der Waals surface area contributed by atoms with Crippen LogP contribution in [0.3, 0.4) is 0 Å². The van der Waals surface area contributed by atoms with Gasteiger partial charge < -0.3 is 4.40 Å². The maximum Gasteiger partial charge on any atom is 0.279 e. The SMILES string of the molecule is O=c1c2cccn2c2ccccc2n1-c1ccc(F)cc1. The quantitative estimate of drug-likeness (QED) is 0.524. The van der Waals surface area contributed by atoms with Crippen LogP contribution in [0, 0.1) is 5.82 Å². The first-order chi connectivity index (χ1) is 10.3. The summed E-state index contributed by atoms with van der Waals surface area (Å²) in [7, 11) is 0. The predicted octanol–water partition coefficient (Wildman–Crippen LogP) is 3.38. The minimum atomic E-state index is -0.320. The minimum Gasteiger partial charge on any atom is -0.310 e. The number of fused-ring (bicyclic) bond motifs is 3. The molecule has 0 amide bonds. The van der Waals surface area contributed by atoms with E-state index < -0.39 is 0 Å². The van der Waals surface area contributed by atoms with E-state index in [4.69, 9.17) is 0 Å². The first kappa shape index (κ1) is 11.9. The van der Waals surface area contributed by atoms with Gasteiger partial charge in [0.1, 0.15) is 11.3 Å². The number of hydrogen-bond acceptors (Lipinski definition) is 1. The lowest BCUT2D eigenvalue weighted by atomic mass is 10.2. The second-order valence-corrected chi connectivity index (χ2v) is 4.87. The Labute approximate surface area is 119 Å². The minimum absolute atomic E-state index is 0.120. The van der Waals surface area contributed by atoms with E-state index in [2.05, 4.69) is 0 Å². The topological polar surface area (TPSA) is 26.4 Å². The van der Waals surface area contributed by atoms with Gasteiger partial charge in [-0.3, -0.25) is 9.36 Å². The van der Waals surface area contributed by atoms with Gasteiger partial charge in [-0.25, -0.2) is 4.39 Å². The molecule has 0 bridgehead atoms. The fraction of sp³-hybridized carbons (Fsp3) is 0. The fourth-order valence-electron chi connectivity index (χ4n) is 2.69. The van der Waals surface area contributed by atoms with Crippen LogP contribution in [0.15, 0.2) is 71.7 Å². The van der Waals surface area contributed by atoms with Crippen molar-refractivity contribution in [3.63, 3.8) is 0 Å². The van der Waals surface area contributed by atoms with Gasteiger partial charge in [0.05, 0.1) is 11.0 Å². The van der Waals surface area contributed by atoms with Gasteiger partial charge >= 0.3 is 0 Å². The third-order valence-electron chi connectivity index (χ3n) is 3.64. The molecule has 0 spiro atoms. The Morgan fingerprint density at radius 3 is 2.19 bits per heavy atom. The number of aromatic nitrogens is 2. The molecule has 2 heterocycles. The normalized spacial score (nSPS) is 11.3. The van der Waals surface area contributed by atoms with Crippen LogP contribution in [0.4, 0.5) is 4.39 Å². The summed E-state index contributed by atoms with van der Waals surface area (Å²) in [5.41, 5.74) is 2.85. The molecule has 2 aromatic carbocycles. The van der Waals surface area contributed by atoms with Crippen LogP contribution in [0.1, 0.15) is 0 Å². The number of rotatable bonds is 1. The summed E-state index contributed by atoms with van der Waals surface area (Å²) in [6, 6.07) is 17.2. The lowest BCUT2D eigenvalue weighted by molar-refractivity contribution is 0.627. The zero-order valence-corrected chi connectivity index (χ0v) is 11.0. The predicted molar refractivity (Wildman–Crippen MR) is 80.5 cm³/mol. The van der Waals surface area contributed by atoms with Crippen molar-refractivity contribution in [2.45, 2.75) is 0 Å². The first-order valence-corrected chi connectivity index (χ1v) is 6.62. The molecule has 4 rings (SSSR count). The van der Waals surface area contributed by atoms with Gasteiger partial charge in [0, 0.05) is 11.9 Å². The van der Waals surface area contributed by atoms with E-state index in [0.717, 1.165) is 11.0 Å². The van der Waals surface area contributed by atoms with Crippen molar-refractivity contribution < 1.29 is 4.39 Å². The number of para-hydroxylation sites is 2. The molecule has 0 aliphatic rings. The van der Waals surface area contributed by atoms with Gasteiger partial charge in [-0.05, 0) is 48.5 Å². The zero-order valence-electron chi connectivity index (χ0n) is 11.0. The van der Waals surface area contributed by atoms with Crippen LogP contribution in [0.5, 0.6) is 0 Å². The summed E-state index contributed by atoms with van der Waals surface area (Å²) in [4.78, 5) is 12.7. The summed E-state index contributed by atoms with van der Waals surface area (Å²) in [6.07, 6.45) is 1.87. The molecule has 0 saturated carbocycles. The number of hydrogen-bond donors (Lipinski definition) is 0. The molecule has 0 atom stereocenters. The highest BCUT2D eigenvalue weighted by atomic mass is 19.1. The van der Waals surface area contributed by atoms with Crippen molar-refractivity contribution in [3.05, 3.63) is 83.0 Å². The highest BCUT2D eigenvalue weighted by Crippen LogP contribution is 2.18. The lowest BCUT2D eigenvalue weighted by Crippen LogP contribution is -2.21. The van der Waals surface area contributed by atoms with Crippen molar-refractivity contribution in [2.24, 2.45) is 0 Å². The summed E-state index contributed by atoms with van der Waals surface area (Å²) in [5.74, 6) is -0.320. The monoisotopic (exact) mass is 278 g/mol. The lowest BCUT2D eigenvalue weighted by Gasteiger charge is -2.12. The van der Waals surface area contributed by atoms with Crippen LogP contribution >= 0.6 is 0 Å². The zero-order chi connectivity index (χ0) is 14.4. The molecule has 0 saturated heterocycles. The molecule has 4 heteroatoms. The molecule has 0 aliphatic heterocycles. The maximum atomic E-state index is 13.1. The molecule has 21 heavy (non-hydrogen) atoms. The molecule has 102 valence electrons. The summed E-state index contributed by atoms with van der Waals surface area (Å²) in [5, 5.41) is 0. The Morgan fingerprint density at radius 2 is 1.43 bits per heavy atom. The largest absolute Gasteiger partial charge is 0.310 e. The van der Waals surface area contributed by atoms with Gasteiger partial charge in [0.2, 0.25) is 0 Å². The van der Waals surface area contributed by atoms with Gasteiger partial charge in [0.25, 0.3) is 5.56 Å². The van der Waals surface area contributed by atoms with Gasteiger partial charge in [-0.2, -0.15) is 0 Å². The smallest absolute Gasteiger partial charge is 0.279 e. The van der Waals surface area contributed by atoms with E-state index in [1.807, 2.05) is 40.9 Å². The average molecular weight is 278 g/mol. The van der Waals surface area contributed by atoms with Gasteiger partial charge in [-0.15, -0.1) is 0 Å². The van der Waals surface area contributed by atoms with Crippen LogP contribution in [0.2, 0.25) is 0 Å². The second-order valence-electron chi connectivity index (χ2n) is 4.87. The molecule has 0 radical (unpaired) electrons. The average Bonchev–Trinajstić information content (AvgIpc) is 2.99. The van der Waals surface area contributed by atoms with E-state index in [9.17, 15) is 9.18 Å². The van der Waals surface area contributed by atoms with E-state index in [1.165, 1.54) is 12.1 Å². The Morgan fingerprint density at radius 1 is 0.762 bits per heavy atom. The van der Waals surface area contributed by atoms with Crippen molar-refractivity contribution in [1.82, 2.24) is 8.97 Å². The number of nitrogens with zero attached hydrogens (tertiary/aromatic N) is 2. The molecule has 3 nitrogen and oxygen atoms in total. The van der Waals surface area contributed by atoms with Gasteiger partial charge in [0.15, 0.2) is 0 Å². The highest BCUT2D eigenvalue weighted by molar-refractivity contribution is 5.80. The standard InChI is InChI=1S/C17H11FN2O/c18-12-7-9-13(10-8-12)20-15-5-2-1-4-14(15)19-11-3-6-16(19)17(20)21/h1-11H. The van der Waals surface area contributed by atoms with Crippen molar-refractivity contribution >= 4 is 16.6 Å². The Kier molecular flexibility index (Phi) is 2.44. The molecule has 0 N–H and O–H groups in total. The first-order valence-electron chi connectivity index (χ1n) is 6.62. The molecule has 4 aromatic rings. The Balaban J connectivity index is 2.22. The Hall–Kier alpha value is -2.88. The van der Waals surface area contributed by atoms with Crippen molar-refractivity contribution in [3.8, 4) is 5.69 Å². The third-order valence-corrected chi connectivity index (χ3v) is 3.64. The van der Waals surface area contributed by atoms with E-state index in [-0.39, 0.29) is 11.4 Å². The highest BCUT2D eigenvalue weighted by Gasteiger charge is 2.11. The molecule has 0 unspecified atom stereocenters. The van der Waals surface area contributed by atoms with Crippen LogP contribution in [-0.2, 0) is 0 Å². The van der Waals surface area contributed by atoms with Crippen molar-refractivity contribution in [1.29, 1.82) is 0 Å². The molecule has 2 aromatic heterocycles. The fourth-order valence-corrected chi connectivity index (χ4v) is 2.69. The van der Waals surface area contributed by atoms with Crippen LogP contribution in [-0.4, -0.2) is 8.97 Å². The Bertz CT molecular complexity index is 1010. The van der Waals surface area contributed by atoms with E-state index in [0.29, 0.717) is 11.2 Å². The summed E-state index contributed by atoms with van der Waals surface area (Å²) in [6.45, 7) is 0. The van der Waals surface area contributed by atoms with Crippen molar-refractivity contribution in [2.75, 3.05) is 0 Å². The molecular weight excluding hydrogens is 267 g/mol. The third kappa shape index (κ3) is 1.69. The van der Waals surface area contributed by atoms with Crippen LogP contribution < -0.4 is 5.56 Å². The van der Waals surface area contributed by atoms with E-state index >= 15 is 0 Å². The number of benzene rings is 2. The summed E-state index contributed by atoms with van der Waals surface area (Å²) < 4.78 is 16.6. The molecule has 0 aliphatic carbocycles. The number of halogens is 1. The van der Waals surface area contributed by atoms with Crippen LogP contribution in [0.25, 0.3) is 22.2 Å². The molecule has 0 fully saturated rings.